The average Bonchev–Trinajstić information content (AvgIpc) is 3.50. The molecule has 152 valence electrons. The maximum absolute atomic E-state index is 12.7. The molecule has 2 aromatic carbocycles. The molecule has 0 spiro atoms. The van der Waals surface area contributed by atoms with E-state index in [2.05, 4.69) is 34.9 Å². The van der Waals surface area contributed by atoms with Gasteiger partial charge < -0.3 is 10.6 Å². The molecule has 5 heteroatoms. The molecular weight excluding hydrogens is 374 g/mol. The average molecular weight is 399 g/mol. The Kier molecular flexibility index (Phi) is 4.88. The second-order valence-corrected chi connectivity index (χ2v) is 8.87. The number of rotatable bonds is 6. The van der Waals surface area contributed by atoms with E-state index in [9.17, 15) is 14.9 Å². The summed E-state index contributed by atoms with van der Waals surface area (Å²) in [6.45, 7) is 0.579. The number of ketones is 1. The van der Waals surface area contributed by atoms with Gasteiger partial charge in [-0.15, -0.1) is 0 Å². The van der Waals surface area contributed by atoms with E-state index in [-0.39, 0.29) is 23.7 Å². The molecule has 5 nitrogen and oxygen atoms in total. The van der Waals surface area contributed by atoms with Crippen LogP contribution in [0.2, 0.25) is 0 Å². The molecule has 5 rings (SSSR count). The summed E-state index contributed by atoms with van der Waals surface area (Å²) in [5.74, 6) is 0.372. The molecule has 30 heavy (non-hydrogen) atoms. The lowest BCUT2D eigenvalue weighted by atomic mass is 9.88. The molecule has 1 saturated carbocycles. The molecular formula is C25H25N3O2. The summed E-state index contributed by atoms with van der Waals surface area (Å²) >= 11 is 0. The van der Waals surface area contributed by atoms with E-state index >= 15 is 0 Å². The zero-order valence-corrected chi connectivity index (χ0v) is 16.9. The van der Waals surface area contributed by atoms with E-state index in [0.717, 1.165) is 40.7 Å². The van der Waals surface area contributed by atoms with Gasteiger partial charge in [-0.1, -0.05) is 30.3 Å². The van der Waals surface area contributed by atoms with Gasteiger partial charge in [-0.3, -0.25) is 9.59 Å². The van der Waals surface area contributed by atoms with Gasteiger partial charge in [0.2, 0.25) is 0 Å². The third-order valence-electron chi connectivity index (χ3n) is 6.90. The maximum atomic E-state index is 12.7. The Bertz CT molecular complexity index is 1040. The molecule has 4 atom stereocenters. The van der Waals surface area contributed by atoms with Crippen LogP contribution in [0.3, 0.4) is 0 Å². The Labute approximate surface area is 176 Å². The maximum Gasteiger partial charge on any atom is 0.251 e. The second kappa shape index (κ2) is 7.70. The Morgan fingerprint density at radius 1 is 1.13 bits per heavy atom. The summed E-state index contributed by atoms with van der Waals surface area (Å²) in [6.07, 6.45) is 4.35. The van der Waals surface area contributed by atoms with Crippen molar-refractivity contribution >= 4 is 11.7 Å². The number of hydrogen-bond acceptors (Lipinski definition) is 4. The minimum Gasteiger partial charge on any atom is -0.348 e. The summed E-state index contributed by atoms with van der Waals surface area (Å²) in [6, 6.07) is 16.9. The van der Waals surface area contributed by atoms with Crippen LogP contribution in [-0.4, -0.2) is 23.8 Å². The molecule has 2 heterocycles. The zero-order valence-electron chi connectivity index (χ0n) is 16.9. The van der Waals surface area contributed by atoms with E-state index in [4.69, 9.17) is 0 Å². The van der Waals surface area contributed by atoms with Crippen molar-refractivity contribution in [3.05, 3.63) is 59.2 Å². The highest BCUT2D eigenvalue weighted by molar-refractivity contribution is 5.98. The lowest BCUT2D eigenvalue weighted by molar-refractivity contribution is -0.122. The summed E-state index contributed by atoms with van der Waals surface area (Å²) in [5, 5.41) is 15.9. The quantitative estimate of drug-likeness (QED) is 0.780. The molecule has 0 unspecified atom stereocenters. The highest BCUT2D eigenvalue weighted by Crippen LogP contribution is 2.36. The van der Waals surface area contributed by atoms with Crippen LogP contribution < -0.4 is 10.6 Å². The van der Waals surface area contributed by atoms with Gasteiger partial charge >= 0.3 is 0 Å². The molecule has 0 radical (unpaired) electrons. The van der Waals surface area contributed by atoms with Gasteiger partial charge in [0.05, 0.1) is 18.0 Å². The van der Waals surface area contributed by atoms with Crippen molar-refractivity contribution in [2.24, 2.45) is 11.8 Å². The van der Waals surface area contributed by atoms with Gasteiger partial charge in [0.15, 0.2) is 5.78 Å². The van der Waals surface area contributed by atoms with Gasteiger partial charge in [0, 0.05) is 24.6 Å². The summed E-state index contributed by atoms with van der Waals surface area (Å²) in [4.78, 5) is 24.4. The standard InChI is InChI=1S/C25H25N3O2/c26-13-16(10-23(29)24-19-5-7-21(12-19)28-24)9-15-1-3-17(4-2-15)18-6-8-22-20(11-18)14-27-25(22)30/h1-4,6,8,11,16,19,21,24,28H,5,7,9-10,12,14H2,(H,27,30)/t16-,19+,21-,24+/m1/s1. The number of hydrogen-bond donors (Lipinski definition) is 2. The predicted octanol–water partition coefficient (Wildman–Crippen LogP) is 3.38. The van der Waals surface area contributed by atoms with Gasteiger partial charge in [-0.05, 0) is 66.0 Å². The van der Waals surface area contributed by atoms with Crippen LogP contribution in [0.25, 0.3) is 11.1 Å². The first-order valence-corrected chi connectivity index (χ1v) is 10.8. The number of nitriles is 1. The minimum absolute atomic E-state index is 0.00961. The van der Waals surface area contributed by atoms with Gasteiger partial charge in [0.25, 0.3) is 5.91 Å². The number of fused-ring (bicyclic) bond motifs is 3. The summed E-state index contributed by atoms with van der Waals surface area (Å²) < 4.78 is 0. The minimum atomic E-state index is -0.290. The molecule has 2 aliphatic heterocycles. The van der Waals surface area contributed by atoms with Crippen LogP contribution >= 0.6 is 0 Å². The predicted molar refractivity (Wildman–Crippen MR) is 114 cm³/mol. The normalized spacial score (nSPS) is 24.9. The van der Waals surface area contributed by atoms with E-state index in [1.165, 1.54) is 6.42 Å². The zero-order chi connectivity index (χ0) is 20.7. The summed E-state index contributed by atoms with van der Waals surface area (Å²) in [7, 11) is 0. The first-order valence-electron chi connectivity index (χ1n) is 10.8. The summed E-state index contributed by atoms with van der Waals surface area (Å²) in [5.41, 5.74) is 5.00. The highest BCUT2D eigenvalue weighted by atomic mass is 16.2. The van der Waals surface area contributed by atoms with Crippen molar-refractivity contribution in [2.75, 3.05) is 0 Å². The lowest BCUT2D eigenvalue weighted by Crippen LogP contribution is -2.42. The number of benzene rings is 2. The number of carbonyl (C=O) groups excluding carboxylic acids is 2. The van der Waals surface area contributed by atoms with Crippen LogP contribution in [0, 0.1) is 23.2 Å². The third-order valence-corrected chi connectivity index (χ3v) is 6.90. The van der Waals surface area contributed by atoms with Crippen molar-refractivity contribution in [2.45, 2.75) is 50.7 Å². The smallest absolute Gasteiger partial charge is 0.251 e. The van der Waals surface area contributed by atoms with Crippen molar-refractivity contribution in [1.29, 1.82) is 5.26 Å². The fourth-order valence-corrected chi connectivity index (χ4v) is 5.28. The van der Waals surface area contributed by atoms with Crippen molar-refractivity contribution < 1.29 is 9.59 Å². The Morgan fingerprint density at radius 3 is 2.63 bits per heavy atom. The number of Topliss-reactive ketones (excluding diaryl/α,β-unsaturated/α-hetero) is 1. The first-order chi connectivity index (χ1) is 14.6. The molecule has 2 fully saturated rings. The van der Waals surface area contributed by atoms with Crippen molar-refractivity contribution in [3.8, 4) is 17.2 Å². The molecule has 2 bridgehead atoms. The second-order valence-electron chi connectivity index (χ2n) is 8.87. The van der Waals surface area contributed by atoms with Crippen LogP contribution in [0.1, 0.15) is 47.2 Å². The fraction of sp³-hybridized carbons (Fsp3) is 0.400. The SMILES string of the molecule is N#C[C@@H](CC(=O)[C@H]1N[C@@H]2CC[C@H]1C2)Cc1ccc(-c2ccc3c(c2)CNC3=O)cc1. The fourth-order valence-electron chi connectivity index (χ4n) is 5.28. The van der Waals surface area contributed by atoms with Crippen molar-refractivity contribution in [3.63, 3.8) is 0 Å². The number of nitrogens with zero attached hydrogens (tertiary/aromatic N) is 1. The molecule has 2 aromatic rings. The molecule has 0 aromatic heterocycles. The molecule has 1 amide bonds. The van der Waals surface area contributed by atoms with Crippen LogP contribution in [-0.2, 0) is 17.8 Å². The topological polar surface area (TPSA) is 82.0 Å². The van der Waals surface area contributed by atoms with Crippen LogP contribution in [0.4, 0.5) is 0 Å². The number of amides is 1. The van der Waals surface area contributed by atoms with Gasteiger partial charge in [0.1, 0.15) is 0 Å². The largest absolute Gasteiger partial charge is 0.348 e. The number of carbonyl (C=O) groups is 2. The molecule has 2 N–H and O–H groups in total. The molecule has 1 aliphatic carbocycles. The van der Waals surface area contributed by atoms with E-state index < -0.39 is 0 Å². The lowest BCUT2D eigenvalue weighted by Gasteiger charge is -2.22. The first kappa shape index (κ1) is 19.0. The molecule has 3 aliphatic rings. The van der Waals surface area contributed by atoms with Gasteiger partial charge in [-0.2, -0.15) is 5.26 Å². The number of nitrogens with one attached hydrogen (secondary N) is 2. The number of piperidine rings is 1. The Morgan fingerprint density at radius 2 is 1.93 bits per heavy atom. The van der Waals surface area contributed by atoms with Crippen molar-refractivity contribution in [1.82, 2.24) is 10.6 Å². The van der Waals surface area contributed by atoms with Gasteiger partial charge in [-0.25, -0.2) is 0 Å². The van der Waals surface area contributed by atoms with Crippen LogP contribution in [0.15, 0.2) is 42.5 Å². The Balaban J connectivity index is 1.23. The van der Waals surface area contributed by atoms with E-state index in [0.29, 0.717) is 31.3 Å². The van der Waals surface area contributed by atoms with E-state index in [1.54, 1.807) is 0 Å². The Hall–Kier alpha value is -2.97. The van der Waals surface area contributed by atoms with E-state index in [1.807, 2.05) is 24.3 Å². The monoisotopic (exact) mass is 399 g/mol. The third kappa shape index (κ3) is 3.53. The molecule has 1 saturated heterocycles. The van der Waals surface area contributed by atoms with Crippen LogP contribution in [0.5, 0.6) is 0 Å². The highest BCUT2D eigenvalue weighted by Gasteiger charge is 2.42.